The van der Waals surface area contributed by atoms with E-state index in [1.54, 1.807) is 0 Å². The first kappa shape index (κ1) is 19.4. The smallest absolute Gasteiger partial charge is 0.0443 e. The summed E-state index contributed by atoms with van der Waals surface area (Å²) in [5, 5.41) is 1.05. The standard InChI is InChI=1S/C26H38ClN/c27-25-18-21(9-10-23(25)20-7-3-1-4-8-20)24-17-22(24)19-28-15-13-26(14-16-28)11-5-2-6-12-26/h9-10,18,20,22,24H,1-8,11-17,19H2. The molecule has 1 spiro atoms. The number of hydrogen-bond acceptors (Lipinski definition) is 1. The van der Waals surface area contributed by atoms with Crippen LogP contribution in [0.5, 0.6) is 0 Å². The lowest BCUT2D eigenvalue weighted by Gasteiger charge is -2.44. The number of benzene rings is 1. The van der Waals surface area contributed by atoms with E-state index in [4.69, 9.17) is 11.6 Å². The number of piperidine rings is 1. The number of halogens is 1. The van der Waals surface area contributed by atoms with Crippen LogP contribution in [-0.4, -0.2) is 24.5 Å². The molecule has 3 saturated carbocycles. The Hall–Kier alpha value is -0.530. The van der Waals surface area contributed by atoms with Crippen LogP contribution in [0.2, 0.25) is 5.02 Å². The van der Waals surface area contributed by atoms with E-state index in [9.17, 15) is 0 Å². The molecule has 2 heteroatoms. The molecule has 0 amide bonds. The van der Waals surface area contributed by atoms with Crippen LogP contribution in [-0.2, 0) is 0 Å². The number of nitrogens with zero attached hydrogens (tertiary/aromatic N) is 1. The highest BCUT2D eigenvalue weighted by atomic mass is 35.5. The Kier molecular flexibility index (Phi) is 5.76. The van der Waals surface area contributed by atoms with E-state index in [1.165, 1.54) is 114 Å². The van der Waals surface area contributed by atoms with E-state index in [2.05, 4.69) is 23.1 Å². The minimum absolute atomic E-state index is 0.714. The van der Waals surface area contributed by atoms with Crippen molar-refractivity contribution in [2.75, 3.05) is 19.6 Å². The Morgan fingerprint density at radius 1 is 0.893 bits per heavy atom. The summed E-state index contributed by atoms with van der Waals surface area (Å²) < 4.78 is 0. The molecular formula is C26H38ClN. The molecule has 28 heavy (non-hydrogen) atoms. The zero-order valence-corrected chi connectivity index (χ0v) is 18.4. The molecule has 4 fully saturated rings. The maximum atomic E-state index is 6.75. The van der Waals surface area contributed by atoms with Crippen molar-refractivity contribution < 1.29 is 0 Å². The maximum Gasteiger partial charge on any atom is 0.0443 e. The average Bonchev–Trinajstić information content (AvgIpc) is 3.50. The van der Waals surface area contributed by atoms with Gasteiger partial charge in [0.25, 0.3) is 0 Å². The molecule has 1 aliphatic heterocycles. The molecule has 1 aromatic carbocycles. The van der Waals surface area contributed by atoms with Crippen molar-refractivity contribution in [2.45, 2.75) is 95.3 Å². The van der Waals surface area contributed by atoms with Gasteiger partial charge in [0, 0.05) is 11.6 Å². The maximum absolute atomic E-state index is 6.75. The van der Waals surface area contributed by atoms with Crippen LogP contribution < -0.4 is 0 Å². The lowest BCUT2D eigenvalue weighted by Crippen LogP contribution is -2.41. The number of likely N-dealkylation sites (tertiary alicyclic amines) is 1. The second-order valence-electron chi connectivity index (χ2n) is 10.6. The summed E-state index contributed by atoms with van der Waals surface area (Å²) in [7, 11) is 0. The fourth-order valence-corrected chi connectivity index (χ4v) is 7.06. The minimum Gasteiger partial charge on any atom is -0.303 e. The topological polar surface area (TPSA) is 3.24 Å². The fourth-order valence-electron chi connectivity index (χ4n) is 6.72. The highest BCUT2D eigenvalue weighted by molar-refractivity contribution is 6.31. The number of hydrogen-bond donors (Lipinski definition) is 0. The van der Waals surface area contributed by atoms with E-state index in [0.717, 1.165) is 22.3 Å². The second kappa shape index (κ2) is 8.31. The van der Waals surface area contributed by atoms with Crippen molar-refractivity contribution in [2.24, 2.45) is 11.3 Å². The van der Waals surface area contributed by atoms with Gasteiger partial charge in [-0.25, -0.2) is 0 Å². The van der Waals surface area contributed by atoms with Crippen molar-refractivity contribution >= 4 is 11.6 Å². The minimum atomic E-state index is 0.714. The molecule has 2 unspecified atom stereocenters. The highest BCUT2D eigenvalue weighted by Crippen LogP contribution is 2.50. The first-order chi connectivity index (χ1) is 13.7. The summed E-state index contributed by atoms with van der Waals surface area (Å²) in [6, 6.07) is 7.11. The molecule has 4 aliphatic rings. The third-order valence-corrected chi connectivity index (χ3v) is 9.07. The van der Waals surface area contributed by atoms with E-state index in [1.807, 2.05) is 0 Å². The van der Waals surface area contributed by atoms with Gasteiger partial charge in [-0.3, -0.25) is 0 Å². The van der Waals surface area contributed by atoms with Crippen molar-refractivity contribution in [3.8, 4) is 0 Å². The van der Waals surface area contributed by atoms with Gasteiger partial charge in [-0.2, -0.15) is 0 Å². The van der Waals surface area contributed by atoms with E-state index >= 15 is 0 Å². The first-order valence-electron chi connectivity index (χ1n) is 12.2. The van der Waals surface area contributed by atoms with Gasteiger partial charge in [0.05, 0.1) is 0 Å². The zero-order valence-electron chi connectivity index (χ0n) is 17.6. The van der Waals surface area contributed by atoms with E-state index in [-0.39, 0.29) is 0 Å². The Morgan fingerprint density at radius 2 is 1.61 bits per heavy atom. The van der Waals surface area contributed by atoms with Crippen LogP contribution in [0.25, 0.3) is 0 Å². The SMILES string of the molecule is Clc1cc(C2CC2CN2CCC3(CCCCC3)CC2)ccc1C1CCCCC1. The number of rotatable bonds is 4. The van der Waals surface area contributed by atoms with Gasteiger partial charge >= 0.3 is 0 Å². The van der Waals surface area contributed by atoms with Gasteiger partial charge in [-0.15, -0.1) is 0 Å². The van der Waals surface area contributed by atoms with Gasteiger partial charge in [0.2, 0.25) is 0 Å². The van der Waals surface area contributed by atoms with Crippen molar-refractivity contribution in [3.63, 3.8) is 0 Å². The zero-order chi connectivity index (χ0) is 19.0. The lowest BCUT2D eigenvalue weighted by molar-refractivity contribution is 0.0653. The molecule has 1 heterocycles. The third kappa shape index (κ3) is 4.17. The third-order valence-electron chi connectivity index (χ3n) is 8.74. The Morgan fingerprint density at radius 3 is 2.32 bits per heavy atom. The van der Waals surface area contributed by atoms with Crippen LogP contribution >= 0.6 is 11.6 Å². The van der Waals surface area contributed by atoms with Gasteiger partial charge < -0.3 is 4.90 Å². The van der Waals surface area contributed by atoms with Crippen molar-refractivity contribution in [1.82, 2.24) is 4.90 Å². The summed E-state index contributed by atoms with van der Waals surface area (Å²) in [4.78, 5) is 2.78. The van der Waals surface area contributed by atoms with Gasteiger partial charge in [0.15, 0.2) is 0 Å². The van der Waals surface area contributed by atoms with Crippen LogP contribution in [0.1, 0.15) is 106 Å². The van der Waals surface area contributed by atoms with Crippen LogP contribution in [0.15, 0.2) is 18.2 Å². The predicted molar refractivity (Wildman–Crippen MR) is 119 cm³/mol. The van der Waals surface area contributed by atoms with Crippen LogP contribution in [0.3, 0.4) is 0 Å². The molecule has 3 aliphatic carbocycles. The predicted octanol–water partition coefficient (Wildman–Crippen LogP) is 7.54. The molecule has 5 rings (SSSR count). The Bertz CT molecular complexity index is 661. The molecule has 0 radical (unpaired) electrons. The second-order valence-corrected chi connectivity index (χ2v) is 11.0. The van der Waals surface area contributed by atoms with E-state index < -0.39 is 0 Å². The Balaban J connectivity index is 1.14. The van der Waals surface area contributed by atoms with Crippen molar-refractivity contribution in [1.29, 1.82) is 0 Å². The molecule has 2 atom stereocenters. The molecule has 1 saturated heterocycles. The molecule has 154 valence electrons. The fraction of sp³-hybridized carbons (Fsp3) is 0.769. The quantitative estimate of drug-likeness (QED) is 0.505. The molecule has 0 N–H and O–H groups in total. The van der Waals surface area contributed by atoms with Gasteiger partial charge in [-0.1, -0.05) is 62.3 Å². The van der Waals surface area contributed by atoms with Crippen molar-refractivity contribution in [3.05, 3.63) is 34.3 Å². The normalized spacial score (nSPS) is 31.2. The summed E-state index contributed by atoms with van der Waals surface area (Å²) in [5.41, 5.74) is 3.67. The molecule has 0 aromatic heterocycles. The largest absolute Gasteiger partial charge is 0.303 e. The summed E-state index contributed by atoms with van der Waals surface area (Å²) in [5.74, 6) is 2.35. The first-order valence-corrected chi connectivity index (χ1v) is 12.6. The van der Waals surface area contributed by atoms with Gasteiger partial charge in [0.1, 0.15) is 0 Å². The summed E-state index contributed by atoms with van der Waals surface area (Å²) in [6.45, 7) is 4.03. The molecular weight excluding hydrogens is 362 g/mol. The van der Waals surface area contributed by atoms with Gasteiger partial charge in [-0.05, 0) is 98.4 Å². The molecule has 1 aromatic rings. The average molecular weight is 400 g/mol. The Labute approximate surface area is 177 Å². The summed E-state index contributed by atoms with van der Waals surface area (Å²) in [6.07, 6.45) is 18.6. The monoisotopic (exact) mass is 399 g/mol. The lowest BCUT2D eigenvalue weighted by atomic mass is 9.68. The van der Waals surface area contributed by atoms with Crippen LogP contribution in [0.4, 0.5) is 0 Å². The molecule has 1 nitrogen and oxygen atoms in total. The van der Waals surface area contributed by atoms with Crippen LogP contribution in [0, 0.1) is 11.3 Å². The summed E-state index contributed by atoms with van der Waals surface area (Å²) >= 11 is 6.75. The highest BCUT2D eigenvalue weighted by Gasteiger charge is 2.42. The molecule has 0 bridgehead atoms. The van der Waals surface area contributed by atoms with E-state index in [0.29, 0.717) is 5.92 Å².